The summed E-state index contributed by atoms with van der Waals surface area (Å²) in [6.45, 7) is 4.38. The Labute approximate surface area is 135 Å². The minimum absolute atomic E-state index is 0.104. The summed E-state index contributed by atoms with van der Waals surface area (Å²) in [4.78, 5) is 14.8. The van der Waals surface area contributed by atoms with Gasteiger partial charge in [-0.2, -0.15) is 0 Å². The normalized spacial score (nSPS) is 28.6. The number of carbonyl (C=O) groups is 1. The van der Waals surface area contributed by atoms with Crippen LogP contribution in [0.5, 0.6) is 0 Å². The molecule has 1 aromatic rings. The first-order valence-corrected chi connectivity index (χ1v) is 8.51. The molecule has 2 fully saturated rings. The number of hydrogen-bond donors (Lipinski definition) is 1. The van der Waals surface area contributed by atoms with Gasteiger partial charge in [0.05, 0.1) is 6.04 Å². The van der Waals surface area contributed by atoms with Crippen molar-refractivity contribution in [2.75, 3.05) is 19.6 Å². The molecule has 2 aliphatic heterocycles. The molecule has 3 nitrogen and oxygen atoms in total. The van der Waals surface area contributed by atoms with E-state index in [0.29, 0.717) is 24.1 Å². The molecule has 1 aliphatic carbocycles. The van der Waals surface area contributed by atoms with Gasteiger partial charge in [-0.3, -0.25) is 4.79 Å². The van der Waals surface area contributed by atoms with Gasteiger partial charge >= 0.3 is 0 Å². The predicted molar refractivity (Wildman–Crippen MR) is 82.8 cm³/mol. The van der Waals surface area contributed by atoms with Crippen molar-refractivity contribution < 1.29 is 13.6 Å². The van der Waals surface area contributed by atoms with E-state index >= 15 is 0 Å². The van der Waals surface area contributed by atoms with Crippen LogP contribution in [0.25, 0.3) is 0 Å². The smallest absolute Gasteiger partial charge is 0.226 e. The second-order valence-corrected chi connectivity index (χ2v) is 7.28. The maximum absolute atomic E-state index is 13.9. The largest absolute Gasteiger partial charge is 0.335 e. The summed E-state index contributed by atoms with van der Waals surface area (Å²) in [5, 5.41) is 3.35. The van der Waals surface area contributed by atoms with Crippen molar-refractivity contribution in [1.82, 2.24) is 10.2 Å². The summed E-state index contributed by atoms with van der Waals surface area (Å²) in [7, 11) is 0. The first-order chi connectivity index (χ1) is 11.0. The molecule has 3 aliphatic rings. The standard InChI is InChI=1S/C18H22F2N2O/c1-11-14-8-12(19)9-16(20)13(14)2-7-22(11)17(23)15-10-18(15)3-5-21-6-4-18/h8-9,11,15,21H,2-7,10H2,1H3. The molecule has 124 valence electrons. The lowest BCUT2D eigenvalue weighted by molar-refractivity contribution is -0.136. The zero-order chi connectivity index (χ0) is 16.2. The third-order valence-corrected chi connectivity index (χ3v) is 6.09. The first kappa shape index (κ1) is 15.1. The van der Waals surface area contributed by atoms with Crippen LogP contribution in [-0.4, -0.2) is 30.4 Å². The SMILES string of the molecule is CC1c2cc(F)cc(F)c2CCN1C(=O)C1CC12CCNCC2. The summed E-state index contributed by atoms with van der Waals surface area (Å²) in [6, 6.07) is 2.07. The fraction of sp³-hybridized carbons (Fsp3) is 0.611. The Balaban J connectivity index is 1.56. The third-order valence-electron chi connectivity index (χ3n) is 6.09. The second kappa shape index (κ2) is 5.26. The van der Waals surface area contributed by atoms with E-state index in [1.54, 1.807) is 0 Å². The Kier molecular flexibility index (Phi) is 3.45. The van der Waals surface area contributed by atoms with Crippen LogP contribution in [-0.2, 0) is 11.2 Å². The Morgan fingerprint density at radius 1 is 1.30 bits per heavy atom. The number of nitrogens with one attached hydrogen (secondary N) is 1. The van der Waals surface area contributed by atoms with E-state index in [9.17, 15) is 13.6 Å². The van der Waals surface area contributed by atoms with Gasteiger partial charge in [0.15, 0.2) is 0 Å². The van der Waals surface area contributed by atoms with Crippen molar-refractivity contribution in [2.24, 2.45) is 11.3 Å². The average Bonchev–Trinajstić information content (AvgIpc) is 3.21. The van der Waals surface area contributed by atoms with Crippen molar-refractivity contribution in [3.8, 4) is 0 Å². The minimum atomic E-state index is -0.566. The van der Waals surface area contributed by atoms with Crippen LogP contribution in [0.3, 0.4) is 0 Å². The molecule has 2 atom stereocenters. The molecule has 1 amide bonds. The van der Waals surface area contributed by atoms with Crippen molar-refractivity contribution >= 4 is 5.91 Å². The van der Waals surface area contributed by atoms with Crippen LogP contribution in [0.1, 0.15) is 43.4 Å². The second-order valence-electron chi connectivity index (χ2n) is 7.28. The topological polar surface area (TPSA) is 32.3 Å². The van der Waals surface area contributed by atoms with Crippen molar-refractivity contribution in [2.45, 2.75) is 38.6 Å². The molecule has 23 heavy (non-hydrogen) atoms. The monoisotopic (exact) mass is 320 g/mol. The highest BCUT2D eigenvalue weighted by molar-refractivity contribution is 5.83. The van der Waals surface area contributed by atoms with Crippen molar-refractivity contribution in [3.63, 3.8) is 0 Å². The van der Waals surface area contributed by atoms with Crippen LogP contribution in [0.4, 0.5) is 8.78 Å². The molecule has 0 aromatic heterocycles. The zero-order valence-electron chi connectivity index (χ0n) is 13.4. The number of halogens is 2. The Bertz CT molecular complexity index is 655. The number of hydrogen-bond acceptors (Lipinski definition) is 2. The van der Waals surface area contributed by atoms with Crippen molar-refractivity contribution in [3.05, 3.63) is 34.9 Å². The van der Waals surface area contributed by atoms with Crippen LogP contribution < -0.4 is 5.32 Å². The summed E-state index contributed by atoms with van der Waals surface area (Å²) >= 11 is 0. The molecule has 2 heterocycles. The van der Waals surface area contributed by atoms with E-state index in [4.69, 9.17) is 0 Å². The third kappa shape index (κ3) is 2.36. The lowest BCUT2D eigenvalue weighted by atomic mass is 9.89. The van der Waals surface area contributed by atoms with Gasteiger partial charge < -0.3 is 10.2 Å². The van der Waals surface area contributed by atoms with E-state index < -0.39 is 11.6 Å². The molecule has 0 bridgehead atoms. The highest BCUT2D eigenvalue weighted by Crippen LogP contribution is 2.59. The molecule has 5 heteroatoms. The number of carbonyl (C=O) groups excluding carboxylic acids is 1. The van der Waals surface area contributed by atoms with E-state index in [1.165, 1.54) is 6.07 Å². The van der Waals surface area contributed by atoms with Crippen LogP contribution in [0.2, 0.25) is 0 Å². The fourth-order valence-electron chi connectivity index (χ4n) is 4.53. The lowest BCUT2D eigenvalue weighted by Gasteiger charge is -2.36. The average molecular weight is 320 g/mol. The van der Waals surface area contributed by atoms with Gasteiger partial charge in [-0.15, -0.1) is 0 Å². The lowest BCUT2D eigenvalue weighted by Crippen LogP contribution is -2.42. The van der Waals surface area contributed by atoms with E-state index in [0.717, 1.165) is 38.4 Å². The van der Waals surface area contributed by atoms with Crippen LogP contribution in [0.15, 0.2) is 12.1 Å². The maximum Gasteiger partial charge on any atom is 0.226 e. The molecule has 1 spiro atoms. The molecule has 1 N–H and O–H groups in total. The van der Waals surface area contributed by atoms with E-state index in [2.05, 4.69) is 5.32 Å². The molecule has 1 aromatic carbocycles. The number of nitrogens with zero attached hydrogens (tertiary/aromatic N) is 1. The number of fused-ring (bicyclic) bond motifs is 1. The number of amides is 1. The zero-order valence-corrected chi connectivity index (χ0v) is 13.4. The van der Waals surface area contributed by atoms with Gasteiger partial charge in [0, 0.05) is 18.5 Å². The molecule has 0 radical (unpaired) electrons. The van der Waals surface area contributed by atoms with Crippen molar-refractivity contribution in [1.29, 1.82) is 0 Å². The Morgan fingerprint density at radius 3 is 2.78 bits per heavy atom. The first-order valence-electron chi connectivity index (χ1n) is 8.51. The Morgan fingerprint density at radius 2 is 2.04 bits per heavy atom. The van der Waals surface area contributed by atoms with Gasteiger partial charge in [0.25, 0.3) is 0 Å². The number of rotatable bonds is 1. The van der Waals surface area contributed by atoms with Gasteiger partial charge in [0.1, 0.15) is 11.6 Å². The molecule has 1 saturated heterocycles. The molecule has 1 saturated carbocycles. The van der Waals surface area contributed by atoms with Crippen LogP contribution in [0, 0.1) is 23.0 Å². The highest BCUT2D eigenvalue weighted by atomic mass is 19.1. The fourth-order valence-corrected chi connectivity index (χ4v) is 4.53. The molecule has 4 rings (SSSR count). The van der Waals surface area contributed by atoms with Gasteiger partial charge in [-0.25, -0.2) is 8.78 Å². The summed E-state index contributed by atoms with van der Waals surface area (Å²) in [5.74, 6) is -0.773. The summed E-state index contributed by atoms with van der Waals surface area (Å²) in [6.07, 6.45) is 3.57. The van der Waals surface area contributed by atoms with Gasteiger partial charge in [-0.1, -0.05) is 0 Å². The number of benzene rings is 1. The van der Waals surface area contributed by atoms with E-state index in [1.807, 2.05) is 11.8 Å². The molecular formula is C18H22F2N2O. The predicted octanol–water partition coefficient (Wildman–Crippen LogP) is 2.80. The van der Waals surface area contributed by atoms with Crippen LogP contribution >= 0.6 is 0 Å². The summed E-state index contributed by atoms with van der Waals surface area (Å²) in [5.41, 5.74) is 1.38. The Hall–Kier alpha value is -1.49. The molecular weight excluding hydrogens is 298 g/mol. The minimum Gasteiger partial charge on any atom is -0.335 e. The maximum atomic E-state index is 13.9. The van der Waals surface area contributed by atoms with Gasteiger partial charge in [-0.05, 0) is 68.3 Å². The van der Waals surface area contributed by atoms with E-state index in [-0.39, 0.29) is 23.3 Å². The number of piperidine rings is 1. The quantitative estimate of drug-likeness (QED) is 0.863. The highest BCUT2D eigenvalue weighted by Gasteiger charge is 2.59. The summed E-state index contributed by atoms with van der Waals surface area (Å²) < 4.78 is 27.5. The van der Waals surface area contributed by atoms with Gasteiger partial charge in [0.2, 0.25) is 5.91 Å². The molecule has 2 unspecified atom stereocenters.